The number of hydrogen-bond donors (Lipinski definition) is 0. The van der Waals surface area contributed by atoms with Gasteiger partial charge in [0.1, 0.15) is 5.75 Å². The van der Waals surface area contributed by atoms with E-state index in [1.165, 1.54) is 0 Å². The zero-order valence-corrected chi connectivity index (χ0v) is 18.7. The first-order chi connectivity index (χ1) is 15.0. The van der Waals surface area contributed by atoms with Crippen LogP contribution in [0, 0.1) is 6.92 Å². The topological polar surface area (TPSA) is 29.5 Å². The highest BCUT2D eigenvalue weighted by Crippen LogP contribution is 2.37. The maximum absolute atomic E-state index is 13.4. The largest absolute Gasteiger partial charge is 0.494 e. The molecule has 5 heteroatoms. The summed E-state index contributed by atoms with van der Waals surface area (Å²) in [5.74, 6) is 0.689. The Morgan fingerprint density at radius 1 is 0.968 bits per heavy atom. The number of amides is 1. The van der Waals surface area contributed by atoms with Gasteiger partial charge in [-0.1, -0.05) is 53.5 Å². The number of ether oxygens (including phenoxy) is 1. The lowest BCUT2D eigenvalue weighted by Gasteiger charge is -2.21. The first kappa shape index (κ1) is 21.2. The van der Waals surface area contributed by atoms with E-state index in [-0.39, 0.29) is 5.91 Å². The van der Waals surface area contributed by atoms with Crippen molar-refractivity contribution >= 4 is 46.6 Å². The SMILES string of the molecule is CCOc1ccc(/C=C2\C=C(c3ccc(Cl)cc3)N(c3ccc(C)c(Cl)c3)C2=O)cc1. The van der Waals surface area contributed by atoms with Crippen LogP contribution in [0.2, 0.25) is 10.0 Å². The average Bonchev–Trinajstić information content (AvgIpc) is 3.08. The second kappa shape index (κ2) is 9.01. The van der Waals surface area contributed by atoms with Gasteiger partial charge in [0.2, 0.25) is 0 Å². The van der Waals surface area contributed by atoms with Crippen molar-refractivity contribution < 1.29 is 9.53 Å². The predicted molar refractivity (Wildman–Crippen MR) is 129 cm³/mol. The van der Waals surface area contributed by atoms with Gasteiger partial charge in [-0.25, -0.2) is 0 Å². The molecule has 1 heterocycles. The van der Waals surface area contributed by atoms with Crippen LogP contribution in [0.1, 0.15) is 23.6 Å². The summed E-state index contributed by atoms with van der Waals surface area (Å²) in [7, 11) is 0. The molecule has 0 fully saturated rings. The number of nitrogens with zero attached hydrogens (tertiary/aromatic N) is 1. The molecule has 0 spiro atoms. The lowest BCUT2D eigenvalue weighted by molar-refractivity contribution is -0.113. The summed E-state index contributed by atoms with van der Waals surface area (Å²) in [5, 5.41) is 1.26. The fourth-order valence-electron chi connectivity index (χ4n) is 3.43. The third-order valence-corrected chi connectivity index (χ3v) is 5.71. The molecule has 1 aliphatic heterocycles. The van der Waals surface area contributed by atoms with Crippen molar-refractivity contribution in [3.05, 3.63) is 105 Å². The predicted octanol–water partition coefficient (Wildman–Crippen LogP) is 7.17. The molecule has 3 aromatic carbocycles. The second-order valence-corrected chi connectivity index (χ2v) is 8.06. The monoisotopic (exact) mass is 449 g/mol. The minimum absolute atomic E-state index is 0.112. The molecule has 3 aromatic rings. The summed E-state index contributed by atoms with van der Waals surface area (Å²) in [6.07, 6.45) is 3.78. The summed E-state index contributed by atoms with van der Waals surface area (Å²) in [5.41, 5.74) is 4.85. The van der Waals surface area contributed by atoms with E-state index in [1.54, 1.807) is 4.90 Å². The van der Waals surface area contributed by atoms with E-state index in [1.807, 2.05) is 92.7 Å². The number of rotatable bonds is 5. The number of aryl methyl sites for hydroxylation is 1. The fourth-order valence-corrected chi connectivity index (χ4v) is 3.73. The number of halogens is 2. The molecule has 0 aliphatic carbocycles. The van der Waals surface area contributed by atoms with Crippen molar-refractivity contribution in [3.63, 3.8) is 0 Å². The number of benzene rings is 3. The molecule has 1 aliphatic rings. The number of carbonyl (C=O) groups is 1. The van der Waals surface area contributed by atoms with Crippen LogP contribution < -0.4 is 9.64 Å². The van der Waals surface area contributed by atoms with E-state index < -0.39 is 0 Å². The van der Waals surface area contributed by atoms with Crippen LogP contribution in [0.5, 0.6) is 5.75 Å². The maximum atomic E-state index is 13.4. The van der Waals surface area contributed by atoms with Gasteiger partial charge >= 0.3 is 0 Å². The van der Waals surface area contributed by atoms with Crippen molar-refractivity contribution in [2.45, 2.75) is 13.8 Å². The minimum atomic E-state index is -0.112. The molecular weight excluding hydrogens is 429 g/mol. The highest BCUT2D eigenvalue weighted by molar-refractivity contribution is 6.32. The summed E-state index contributed by atoms with van der Waals surface area (Å²) in [4.78, 5) is 15.1. The Balaban J connectivity index is 1.77. The normalized spacial score (nSPS) is 14.8. The smallest absolute Gasteiger partial charge is 0.262 e. The molecule has 3 nitrogen and oxygen atoms in total. The van der Waals surface area contributed by atoms with E-state index in [2.05, 4.69) is 0 Å². The Bertz CT molecular complexity index is 1180. The Morgan fingerprint density at radius 2 is 1.68 bits per heavy atom. The van der Waals surface area contributed by atoms with Crippen LogP contribution >= 0.6 is 23.2 Å². The van der Waals surface area contributed by atoms with E-state index in [9.17, 15) is 4.79 Å². The van der Waals surface area contributed by atoms with Gasteiger partial charge in [-0.15, -0.1) is 0 Å². The average molecular weight is 450 g/mol. The van der Waals surface area contributed by atoms with Gasteiger partial charge in [0.05, 0.1) is 18.0 Å². The van der Waals surface area contributed by atoms with Crippen LogP contribution in [0.15, 0.2) is 78.4 Å². The van der Waals surface area contributed by atoms with Crippen molar-refractivity contribution in [2.75, 3.05) is 11.5 Å². The Hall–Kier alpha value is -3.01. The molecule has 0 unspecified atom stereocenters. The lowest BCUT2D eigenvalue weighted by Crippen LogP contribution is -2.25. The number of anilines is 1. The number of carbonyl (C=O) groups excluding carboxylic acids is 1. The van der Waals surface area contributed by atoms with Crippen LogP contribution in [0.3, 0.4) is 0 Å². The molecule has 0 radical (unpaired) electrons. The van der Waals surface area contributed by atoms with E-state index in [0.717, 1.165) is 33.8 Å². The van der Waals surface area contributed by atoms with E-state index >= 15 is 0 Å². The summed E-state index contributed by atoms with van der Waals surface area (Å²) >= 11 is 12.4. The molecule has 0 bridgehead atoms. The Morgan fingerprint density at radius 3 is 2.32 bits per heavy atom. The van der Waals surface area contributed by atoms with Crippen LogP contribution in [-0.2, 0) is 4.79 Å². The second-order valence-electron chi connectivity index (χ2n) is 7.21. The van der Waals surface area contributed by atoms with Crippen LogP contribution in [-0.4, -0.2) is 12.5 Å². The van der Waals surface area contributed by atoms with Gasteiger partial charge in [-0.3, -0.25) is 9.69 Å². The Labute approximate surface area is 192 Å². The molecule has 156 valence electrons. The molecule has 1 amide bonds. The summed E-state index contributed by atoms with van der Waals surface area (Å²) < 4.78 is 5.50. The van der Waals surface area contributed by atoms with E-state index in [4.69, 9.17) is 27.9 Å². The molecule has 31 heavy (non-hydrogen) atoms. The molecule has 0 aromatic heterocycles. The standard InChI is InChI=1S/C26H21Cl2NO2/c1-3-31-23-12-5-18(6-13-23)14-20-15-25(19-7-9-21(27)10-8-19)29(26(20)30)22-11-4-17(2)24(28)16-22/h4-16H,3H2,1-2H3/b20-14+. The Kier molecular flexibility index (Phi) is 6.17. The third kappa shape index (κ3) is 4.53. The molecule has 0 N–H and O–H groups in total. The molecule has 0 saturated heterocycles. The van der Waals surface area contributed by atoms with Crippen molar-refractivity contribution in [1.82, 2.24) is 0 Å². The maximum Gasteiger partial charge on any atom is 0.262 e. The fraction of sp³-hybridized carbons (Fsp3) is 0.115. The lowest BCUT2D eigenvalue weighted by atomic mass is 10.1. The molecular formula is C26H21Cl2NO2. The summed E-state index contributed by atoms with van der Waals surface area (Å²) in [6.45, 7) is 4.49. The minimum Gasteiger partial charge on any atom is -0.494 e. The van der Waals surface area contributed by atoms with Gasteiger partial charge in [-0.2, -0.15) is 0 Å². The van der Waals surface area contributed by atoms with Crippen molar-refractivity contribution in [1.29, 1.82) is 0 Å². The highest BCUT2D eigenvalue weighted by Gasteiger charge is 2.30. The van der Waals surface area contributed by atoms with Crippen molar-refractivity contribution in [3.8, 4) is 5.75 Å². The zero-order chi connectivity index (χ0) is 22.0. The first-order valence-corrected chi connectivity index (χ1v) is 10.7. The zero-order valence-electron chi connectivity index (χ0n) is 17.2. The van der Waals surface area contributed by atoms with Gasteiger partial charge in [0.15, 0.2) is 0 Å². The van der Waals surface area contributed by atoms with Crippen molar-refractivity contribution in [2.24, 2.45) is 0 Å². The van der Waals surface area contributed by atoms with Crippen LogP contribution in [0.25, 0.3) is 11.8 Å². The van der Waals surface area contributed by atoms with Gasteiger partial charge in [0, 0.05) is 15.6 Å². The van der Waals surface area contributed by atoms with Gasteiger partial charge in [-0.05, 0) is 79.1 Å². The van der Waals surface area contributed by atoms with Gasteiger partial charge < -0.3 is 4.74 Å². The first-order valence-electron chi connectivity index (χ1n) is 9.99. The molecule has 0 saturated carbocycles. The van der Waals surface area contributed by atoms with Crippen LogP contribution in [0.4, 0.5) is 5.69 Å². The third-order valence-electron chi connectivity index (χ3n) is 5.05. The quantitative estimate of drug-likeness (QED) is 0.386. The summed E-state index contributed by atoms with van der Waals surface area (Å²) in [6, 6.07) is 20.8. The van der Waals surface area contributed by atoms with Gasteiger partial charge in [0.25, 0.3) is 5.91 Å². The molecule has 4 rings (SSSR count). The highest BCUT2D eigenvalue weighted by atomic mass is 35.5. The molecule has 0 atom stereocenters. The van der Waals surface area contributed by atoms with E-state index in [0.29, 0.717) is 22.2 Å². The number of hydrogen-bond acceptors (Lipinski definition) is 2.